The van der Waals surface area contributed by atoms with Crippen LogP contribution >= 0.6 is 0 Å². The molecule has 5 aliphatic carbocycles. The Morgan fingerprint density at radius 1 is 0.885 bits per heavy atom. The predicted octanol–water partition coefficient (Wildman–Crippen LogP) is 7.58. The van der Waals surface area contributed by atoms with Crippen molar-refractivity contribution in [1.82, 2.24) is 10.6 Å². The first kappa shape index (κ1) is 37.5. The highest BCUT2D eigenvalue weighted by atomic mass is 16.5. The molecule has 1 aromatic carbocycles. The average Bonchev–Trinajstić information content (AvgIpc) is 3.13. The van der Waals surface area contributed by atoms with Crippen LogP contribution < -0.4 is 24.8 Å². The highest BCUT2D eigenvalue weighted by Crippen LogP contribution is 2.75. The Labute approximate surface area is 308 Å². The van der Waals surface area contributed by atoms with Gasteiger partial charge in [-0.25, -0.2) is 0 Å². The van der Waals surface area contributed by atoms with E-state index in [2.05, 4.69) is 57.4 Å². The van der Waals surface area contributed by atoms with Crippen molar-refractivity contribution in [3.63, 3.8) is 0 Å². The molecular formula is C43H56N2O7. The van der Waals surface area contributed by atoms with Crippen LogP contribution in [0.15, 0.2) is 64.5 Å². The van der Waals surface area contributed by atoms with Crippen molar-refractivity contribution >= 4 is 23.7 Å². The Hall–Kier alpha value is -4.27. The summed E-state index contributed by atoms with van der Waals surface area (Å²) in [4.78, 5) is 39.4. The van der Waals surface area contributed by atoms with Crippen LogP contribution in [0.25, 0.3) is 6.08 Å². The number of fused-ring (bicyclic) bond motifs is 7. The fraction of sp³-hybridized carbons (Fsp3) is 0.558. The number of benzene rings is 1. The standard InChI is InChI=1S/C43H56N2O7/c1-26-28-11-12-33-41(4,29(28)24-30(46)36(26)48)17-19-43(6)34-25-40(3,15-14-39(34,2)16-18-42(33,43)5)38(49)45-21-20-44-35(47)13-10-27-22-31(50-7)37(52-9)32(23-27)51-8/h10-13,22-24,34,48H,14-21,25H2,1-9H3,(H,44,47)(H,45,49)/b13-10+/t34-,39-,40-,41+,42-,43+/m1/s1. The zero-order chi connectivity index (χ0) is 37.9. The maximum absolute atomic E-state index is 13.9. The quantitative estimate of drug-likeness (QED) is 0.178. The molecular weight excluding hydrogens is 656 g/mol. The maximum atomic E-state index is 13.9. The normalized spacial score (nSPS) is 33.8. The number of aliphatic hydroxyl groups is 1. The van der Waals surface area contributed by atoms with Gasteiger partial charge in [-0.3, -0.25) is 14.4 Å². The second-order valence-corrected chi connectivity index (χ2v) is 16.9. The highest BCUT2D eigenvalue weighted by molar-refractivity contribution is 6.06. The van der Waals surface area contributed by atoms with Gasteiger partial charge in [0, 0.05) is 35.6 Å². The SMILES string of the molecule is COc1cc(/C=C/C(=O)NCCNC(=O)[C@]2(C)CC[C@]3(C)CC[C@]4(C)C5=CC=C6C(=CC(=O)C(O)=C6C)[C@]5(C)CC[C@@]4(C)[C@@H]3C2)cc(OC)c1OC. The highest BCUT2D eigenvalue weighted by Gasteiger charge is 2.67. The van der Waals surface area contributed by atoms with E-state index < -0.39 is 5.41 Å². The first-order valence-corrected chi connectivity index (χ1v) is 18.6. The second kappa shape index (κ2) is 13.3. The molecule has 9 nitrogen and oxygen atoms in total. The van der Waals surface area contributed by atoms with E-state index in [9.17, 15) is 19.5 Å². The van der Waals surface area contributed by atoms with Crippen LogP contribution in [-0.2, 0) is 14.4 Å². The number of ketones is 1. The lowest BCUT2D eigenvalue weighted by molar-refractivity contribution is -0.169. The fourth-order valence-corrected chi connectivity index (χ4v) is 10.7. The Bertz CT molecular complexity index is 1830. The largest absolute Gasteiger partial charge is 0.504 e. The van der Waals surface area contributed by atoms with Crippen LogP contribution in [0.4, 0.5) is 0 Å². The second-order valence-electron chi connectivity index (χ2n) is 16.9. The van der Waals surface area contributed by atoms with Crippen molar-refractivity contribution in [2.24, 2.45) is 33.0 Å². The van der Waals surface area contributed by atoms with Crippen LogP contribution in [-0.4, -0.2) is 57.1 Å². The molecule has 6 rings (SSSR count). The molecule has 0 heterocycles. The lowest BCUT2D eigenvalue weighted by Crippen LogP contribution is -2.62. The number of ether oxygens (including phenoxy) is 3. The van der Waals surface area contributed by atoms with E-state index >= 15 is 0 Å². The van der Waals surface area contributed by atoms with E-state index in [1.54, 1.807) is 45.6 Å². The van der Waals surface area contributed by atoms with Crippen molar-refractivity contribution in [3.05, 3.63) is 70.1 Å². The summed E-state index contributed by atoms with van der Waals surface area (Å²) in [5.41, 5.74) is 3.98. The first-order valence-electron chi connectivity index (χ1n) is 18.6. The number of hydrogen-bond acceptors (Lipinski definition) is 7. The Morgan fingerprint density at radius 3 is 2.19 bits per heavy atom. The van der Waals surface area contributed by atoms with Gasteiger partial charge in [0.15, 0.2) is 17.3 Å². The van der Waals surface area contributed by atoms with E-state index in [0.717, 1.165) is 61.7 Å². The van der Waals surface area contributed by atoms with E-state index in [-0.39, 0.29) is 45.0 Å². The van der Waals surface area contributed by atoms with E-state index in [1.165, 1.54) is 11.6 Å². The molecule has 52 heavy (non-hydrogen) atoms. The molecule has 0 saturated heterocycles. The number of hydrogen-bond donors (Lipinski definition) is 3. The van der Waals surface area contributed by atoms with Crippen molar-refractivity contribution in [2.45, 2.75) is 86.5 Å². The number of amides is 2. The zero-order valence-corrected chi connectivity index (χ0v) is 32.4. The van der Waals surface area contributed by atoms with Gasteiger partial charge in [0.2, 0.25) is 23.3 Å². The van der Waals surface area contributed by atoms with Crippen LogP contribution in [0.5, 0.6) is 17.2 Å². The average molecular weight is 713 g/mol. The molecule has 5 aliphatic rings. The van der Waals surface area contributed by atoms with Crippen molar-refractivity contribution < 1.29 is 33.7 Å². The number of carbonyl (C=O) groups excluding carboxylic acids is 3. The summed E-state index contributed by atoms with van der Waals surface area (Å²) >= 11 is 0. The van der Waals surface area contributed by atoms with Crippen LogP contribution in [0, 0.1) is 33.0 Å². The predicted molar refractivity (Wildman–Crippen MR) is 202 cm³/mol. The molecule has 3 fully saturated rings. The summed E-state index contributed by atoms with van der Waals surface area (Å²) in [5, 5.41) is 16.5. The van der Waals surface area contributed by atoms with Gasteiger partial charge >= 0.3 is 0 Å². The van der Waals surface area contributed by atoms with Gasteiger partial charge < -0.3 is 30.0 Å². The monoisotopic (exact) mass is 712 g/mol. The molecule has 0 bridgehead atoms. The minimum atomic E-state index is -0.519. The summed E-state index contributed by atoms with van der Waals surface area (Å²) in [6.07, 6.45) is 15.9. The van der Waals surface area contributed by atoms with Crippen molar-refractivity contribution in [3.8, 4) is 17.2 Å². The maximum Gasteiger partial charge on any atom is 0.244 e. The van der Waals surface area contributed by atoms with Gasteiger partial charge in [0.25, 0.3) is 0 Å². The van der Waals surface area contributed by atoms with Gasteiger partial charge in [-0.05, 0) is 115 Å². The number of aliphatic hydroxyl groups excluding tert-OH is 1. The van der Waals surface area contributed by atoms with E-state index in [1.807, 2.05) is 6.92 Å². The van der Waals surface area contributed by atoms with Crippen LogP contribution in [0.3, 0.4) is 0 Å². The summed E-state index contributed by atoms with van der Waals surface area (Å²) in [6, 6.07) is 3.53. The van der Waals surface area contributed by atoms with Crippen molar-refractivity contribution in [2.75, 3.05) is 34.4 Å². The van der Waals surface area contributed by atoms with E-state index in [4.69, 9.17) is 14.2 Å². The molecule has 3 N–H and O–H groups in total. The molecule has 0 unspecified atom stereocenters. The molecule has 1 aromatic rings. The molecule has 0 spiro atoms. The van der Waals surface area contributed by atoms with Gasteiger partial charge in [0.05, 0.1) is 21.3 Å². The first-order chi connectivity index (χ1) is 24.5. The lowest BCUT2D eigenvalue weighted by Gasteiger charge is -2.70. The Balaban J connectivity index is 1.13. The molecule has 6 atom stereocenters. The molecule has 0 radical (unpaired) electrons. The van der Waals surface area contributed by atoms with Crippen molar-refractivity contribution in [1.29, 1.82) is 0 Å². The number of nitrogens with one attached hydrogen (secondary N) is 2. The third-order valence-corrected chi connectivity index (χ3v) is 14.2. The number of methoxy groups -OCH3 is 3. The topological polar surface area (TPSA) is 123 Å². The summed E-state index contributed by atoms with van der Waals surface area (Å²) < 4.78 is 16.2. The summed E-state index contributed by atoms with van der Waals surface area (Å²) in [7, 11) is 4.63. The number of rotatable bonds is 9. The molecule has 0 aromatic heterocycles. The van der Waals surface area contributed by atoms with Gasteiger partial charge in [0.1, 0.15) is 0 Å². The minimum absolute atomic E-state index is 0.0386. The Kier molecular flexibility index (Phi) is 9.59. The lowest BCUT2D eigenvalue weighted by atomic mass is 9.34. The number of carbonyl (C=O) groups is 3. The summed E-state index contributed by atoms with van der Waals surface area (Å²) in [6.45, 7) is 14.3. The van der Waals surface area contributed by atoms with Crippen LogP contribution in [0.1, 0.15) is 92.1 Å². The number of allylic oxidation sites excluding steroid dienone is 7. The molecule has 3 saturated carbocycles. The molecule has 9 heteroatoms. The minimum Gasteiger partial charge on any atom is -0.504 e. The molecule has 0 aliphatic heterocycles. The van der Waals surface area contributed by atoms with Gasteiger partial charge in [-0.2, -0.15) is 0 Å². The smallest absolute Gasteiger partial charge is 0.244 e. The van der Waals surface area contributed by atoms with Gasteiger partial charge in [-0.15, -0.1) is 0 Å². The van der Waals surface area contributed by atoms with E-state index in [0.29, 0.717) is 41.8 Å². The Morgan fingerprint density at radius 2 is 1.54 bits per heavy atom. The van der Waals surface area contributed by atoms with Crippen LogP contribution in [0.2, 0.25) is 0 Å². The third-order valence-electron chi connectivity index (χ3n) is 14.2. The molecule has 2 amide bonds. The third kappa shape index (κ3) is 5.79. The summed E-state index contributed by atoms with van der Waals surface area (Å²) in [5.74, 6) is 1.15. The fourth-order valence-electron chi connectivity index (χ4n) is 10.7. The zero-order valence-electron chi connectivity index (χ0n) is 32.4. The molecule has 280 valence electrons. The van der Waals surface area contributed by atoms with Gasteiger partial charge in [-0.1, -0.05) is 52.3 Å².